The van der Waals surface area contributed by atoms with Crippen LogP contribution >= 0.6 is 15.9 Å². The molecule has 0 aliphatic heterocycles. The van der Waals surface area contributed by atoms with Gasteiger partial charge in [-0.15, -0.1) is 0 Å². The Bertz CT molecular complexity index is 405. The van der Waals surface area contributed by atoms with Gasteiger partial charge in [-0.1, -0.05) is 13.3 Å². The Morgan fingerprint density at radius 3 is 2.59 bits per heavy atom. The molecule has 1 atom stereocenters. The molecule has 0 heterocycles. The normalized spacial score (nSPS) is 17.9. The average Bonchev–Trinajstić information content (AvgIpc) is 2.20. The van der Waals surface area contributed by atoms with Gasteiger partial charge in [0.05, 0.1) is 4.47 Å². The van der Waals surface area contributed by atoms with Crippen LogP contribution in [0.25, 0.3) is 0 Å². The van der Waals surface area contributed by atoms with E-state index in [0.29, 0.717) is 11.5 Å². The van der Waals surface area contributed by atoms with Gasteiger partial charge in [0.1, 0.15) is 11.6 Å². The van der Waals surface area contributed by atoms with Gasteiger partial charge in [0.15, 0.2) is 0 Å². The second-order valence-corrected chi connectivity index (χ2v) is 5.37. The van der Waals surface area contributed by atoms with Gasteiger partial charge in [-0.25, -0.2) is 8.78 Å². The average molecular weight is 304 g/mol. The highest BCUT2D eigenvalue weighted by atomic mass is 79.9. The van der Waals surface area contributed by atoms with Gasteiger partial charge in [0.25, 0.3) is 0 Å². The molecule has 0 saturated heterocycles. The highest BCUT2D eigenvalue weighted by Crippen LogP contribution is 2.39. The molecule has 1 nitrogen and oxygen atoms in total. The molecule has 0 spiro atoms. The van der Waals surface area contributed by atoms with E-state index in [9.17, 15) is 8.78 Å². The lowest BCUT2D eigenvalue weighted by molar-refractivity contribution is 0.229. The number of rotatable bonds is 4. The zero-order chi connectivity index (χ0) is 12.4. The first-order valence-corrected chi connectivity index (χ1v) is 6.80. The van der Waals surface area contributed by atoms with Gasteiger partial charge >= 0.3 is 0 Å². The molecule has 1 aromatic rings. The summed E-state index contributed by atoms with van der Waals surface area (Å²) in [5, 5.41) is 3.27. The molecule has 1 fully saturated rings. The third-order valence-corrected chi connectivity index (χ3v) is 4.03. The fraction of sp³-hybridized carbons (Fsp3) is 0.538. The van der Waals surface area contributed by atoms with E-state index in [1.165, 1.54) is 18.6 Å². The summed E-state index contributed by atoms with van der Waals surface area (Å²) in [6.07, 6.45) is 3.37. The van der Waals surface area contributed by atoms with Crippen molar-refractivity contribution in [2.45, 2.75) is 32.2 Å². The molecular formula is C13H16BrF2N. The summed E-state index contributed by atoms with van der Waals surface area (Å²) in [6, 6.07) is 2.47. The molecule has 94 valence electrons. The predicted molar refractivity (Wildman–Crippen MR) is 67.8 cm³/mol. The quantitative estimate of drug-likeness (QED) is 0.823. The summed E-state index contributed by atoms with van der Waals surface area (Å²) in [5.41, 5.74) is 0.456. The molecule has 0 amide bonds. The molecule has 1 aliphatic carbocycles. The second kappa shape index (κ2) is 5.44. The van der Waals surface area contributed by atoms with Crippen molar-refractivity contribution in [3.63, 3.8) is 0 Å². The van der Waals surface area contributed by atoms with Gasteiger partial charge in [-0.2, -0.15) is 0 Å². The first-order valence-electron chi connectivity index (χ1n) is 6.01. The highest BCUT2D eigenvalue weighted by Gasteiger charge is 2.30. The molecule has 1 saturated carbocycles. The van der Waals surface area contributed by atoms with Crippen molar-refractivity contribution in [3.05, 3.63) is 33.8 Å². The third-order valence-electron chi connectivity index (χ3n) is 3.42. The fourth-order valence-corrected chi connectivity index (χ4v) is 2.62. The topological polar surface area (TPSA) is 12.0 Å². The minimum atomic E-state index is -0.399. The van der Waals surface area contributed by atoms with Gasteiger partial charge in [-0.3, -0.25) is 0 Å². The van der Waals surface area contributed by atoms with E-state index in [1.807, 2.05) is 6.92 Å². The first kappa shape index (κ1) is 13.0. The molecule has 0 aromatic heterocycles. The Labute approximate surface area is 109 Å². The maximum Gasteiger partial charge on any atom is 0.137 e. The maximum absolute atomic E-state index is 13.9. The number of hydrogen-bond acceptors (Lipinski definition) is 1. The lowest BCUT2D eigenvalue weighted by atomic mass is 9.77. The van der Waals surface area contributed by atoms with Crippen molar-refractivity contribution in [3.8, 4) is 0 Å². The Morgan fingerprint density at radius 2 is 2.06 bits per heavy atom. The van der Waals surface area contributed by atoms with Gasteiger partial charge in [0.2, 0.25) is 0 Å². The van der Waals surface area contributed by atoms with Gasteiger partial charge in [-0.05, 0) is 53.4 Å². The van der Waals surface area contributed by atoms with Crippen LogP contribution in [-0.2, 0) is 0 Å². The predicted octanol–water partition coefficient (Wildman–Crippen LogP) is 4.18. The summed E-state index contributed by atoms with van der Waals surface area (Å²) in [4.78, 5) is 0. The highest BCUT2D eigenvalue weighted by molar-refractivity contribution is 9.10. The first-order chi connectivity index (χ1) is 8.13. The van der Waals surface area contributed by atoms with Crippen LogP contribution in [0.4, 0.5) is 8.78 Å². The lowest BCUT2D eigenvalue weighted by Crippen LogP contribution is -2.32. The Balaban J connectivity index is 2.31. The van der Waals surface area contributed by atoms with E-state index in [4.69, 9.17) is 0 Å². The number of nitrogens with one attached hydrogen (secondary N) is 1. The number of hydrogen-bond donors (Lipinski definition) is 1. The van der Waals surface area contributed by atoms with E-state index >= 15 is 0 Å². The molecular weight excluding hydrogens is 288 g/mol. The van der Waals surface area contributed by atoms with Crippen LogP contribution in [0.3, 0.4) is 0 Å². The minimum Gasteiger partial charge on any atom is -0.310 e. The third kappa shape index (κ3) is 2.68. The zero-order valence-electron chi connectivity index (χ0n) is 9.77. The minimum absolute atomic E-state index is 0.0589. The van der Waals surface area contributed by atoms with Crippen LogP contribution in [0.1, 0.15) is 37.8 Å². The van der Waals surface area contributed by atoms with E-state index < -0.39 is 5.82 Å². The van der Waals surface area contributed by atoms with E-state index in [0.717, 1.165) is 19.4 Å². The fourth-order valence-electron chi connectivity index (χ4n) is 2.30. The molecule has 2 rings (SSSR count). The van der Waals surface area contributed by atoms with Gasteiger partial charge in [0, 0.05) is 11.6 Å². The van der Waals surface area contributed by atoms with E-state index in [1.54, 1.807) is 0 Å². The van der Waals surface area contributed by atoms with Crippen molar-refractivity contribution >= 4 is 15.9 Å². The second-order valence-electron chi connectivity index (χ2n) is 4.51. The van der Waals surface area contributed by atoms with Crippen molar-refractivity contribution in [1.82, 2.24) is 5.32 Å². The van der Waals surface area contributed by atoms with Crippen LogP contribution < -0.4 is 5.32 Å². The lowest BCUT2D eigenvalue weighted by Gasteiger charge is -2.34. The van der Waals surface area contributed by atoms with E-state index in [-0.39, 0.29) is 16.3 Å². The smallest absolute Gasteiger partial charge is 0.137 e. The van der Waals surface area contributed by atoms with Crippen LogP contribution in [-0.4, -0.2) is 6.54 Å². The monoisotopic (exact) mass is 303 g/mol. The maximum atomic E-state index is 13.9. The number of benzene rings is 1. The zero-order valence-corrected chi connectivity index (χ0v) is 11.4. The molecule has 0 bridgehead atoms. The van der Waals surface area contributed by atoms with Crippen molar-refractivity contribution < 1.29 is 8.78 Å². The number of halogens is 3. The van der Waals surface area contributed by atoms with Gasteiger partial charge < -0.3 is 5.32 Å². The molecule has 17 heavy (non-hydrogen) atoms. The summed E-state index contributed by atoms with van der Waals surface area (Å²) in [7, 11) is 0. The van der Waals surface area contributed by atoms with Crippen molar-refractivity contribution in [1.29, 1.82) is 0 Å². The van der Waals surface area contributed by atoms with Crippen molar-refractivity contribution in [2.75, 3.05) is 6.54 Å². The Kier molecular flexibility index (Phi) is 4.15. The van der Waals surface area contributed by atoms with Crippen LogP contribution in [0, 0.1) is 17.6 Å². The molecule has 1 unspecified atom stereocenters. The van der Waals surface area contributed by atoms with Crippen LogP contribution in [0.2, 0.25) is 0 Å². The molecule has 1 aromatic carbocycles. The van der Waals surface area contributed by atoms with Crippen LogP contribution in [0.15, 0.2) is 16.6 Å². The molecule has 1 aliphatic rings. The molecule has 4 heteroatoms. The standard InChI is InChI=1S/C13H16BrF2N/c1-2-17-13(8-4-3-5-8)9-6-12(16)10(14)7-11(9)15/h6-8,13,17H,2-5H2,1H3. The Hall–Kier alpha value is -0.480. The van der Waals surface area contributed by atoms with E-state index in [2.05, 4.69) is 21.2 Å². The summed E-state index contributed by atoms with van der Waals surface area (Å²) in [6.45, 7) is 2.75. The largest absolute Gasteiger partial charge is 0.310 e. The molecule has 0 radical (unpaired) electrons. The summed E-state index contributed by atoms with van der Waals surface area (Å²) in [5.74, 6) is -0.301. The summed E-state index contributed by atoms with van der Waals surface area (Å²) >= 11 is 3.00. The summed E-state index contributed by atoms with van der Waals surface area (Å²) < 4.78 is 27.6. The SMILES string of the molecule is CCNC(c1cc(F)c(Br)cc1F)C1CCC1. The van der Waals surface area contributed by atoms with Crippen molar-refractivity contribution in [2.24, 2.45) is 5.92 Å². The van der Waals surface area contributed by atoms with Crippen LogP contribution in [0.5, 0.6) is 0 Å². The Morgan fingerprint density at radius 1 is 1.35 bits per heavy atom. The molecule has 1 N–H and O–H groups in total.